The van der Waals surface area contributed by atoms with Gasteiger partial charge in [-0.1, -0.05) is 0 Å². The molecule has 1 amide bonds. The highest BCUT2D eigenvalue weighted by molar-refractivity contribution is 8.04. The van der Waals surface area contributed by atoms with Crippen molar-refractivity contribution in [2.24, 2.45) is 5.73 Å². The van der Waals surface area contributed by atoms with E-state index >= 15 is 0 Å². The first-order valence-electron chi connectivity index (χ1n) is 8.32. The lowest BCUT2D eigenvalue weighted by Crippen LogP contribution is -2.44. The number of fused-ring (bicyclic) bond motifs is 1. The van der Waals surface area contributed by atoms with Crippen molar-refractivity contribution < 1.29 is 4.79 Å². The summed E-state index contributed by atoms with van der Waals surface area (Å²) in [5.41, 5.74) is 8.00. The van der Waals surface area contributed by atoms with E-state index in [1.165, 1.54) is 0 Å². The number of hydrogen-bond donors (Lipinski definition) is 3. The molecule has 1 aliphatic heterocycles. The second-order valence-corrected chi connectivity index (χ2v) is 7.42. The van der Waals surface area contributed by atoms with Gasteiger partial charge in [0.2, 0.25) is 0 Å². The number of amides is 1. The summed E-state index contributed by atoms with van der Waals surface area (Å²) in [5.74, 6) is 0.871. The van der Waals surface area contributed by atoms with E-state index in [1.807, 2.05) is 24.5 Å². The van der Waals surface area contributed by atoms with Crippen LogP contribution in [0.15, 0.2) is 35.6 Å². The molecule has 3 heterocycles. The summed E-state index contributed by atoms with van der Waals surface area (Å²) in [7, 11) is 0. The zero-order valence-corrected chi connectivity index (χ0v) is 14.2. The smallest absolute Gasteiger partial charge is 0.259 e. The number of rotatable bonds is 3. The maximum Gasteiger partial charge on any atom is 0.259 e. The Bertz CT molecular complexity index is 786. The van der Waals surface area contributed by atoms with Crippen molar-refractivity contribution in [1.29, 1.82) is 0 Å². The van der Waals surface area contributed by atoms with Crippen molar-refractivity contribution in [2.45, 2.75) is 31.3 Å². The van der Waals surface area contributed by atoms with Gasteiger partial charge in [-0.25, -0.2) is 4.98 Å². The fourth-order valence-corrected chi connectivity index (χ4v) is 4.32. The molecular formula is C17H21N5OS. The summed E-state index contributed by atoms with van der Waals surface area (Å²) in [5, 5.41) is 4.17. The predicted octanol–water partition coefficient (Wildman–Crippen LogP) is 1.95. The third kappa shape index (κ3) is 2.89. The average Bonchev–Trinajstić information content (AvgIpc) is 3.24. The normalized spacial score (nSPS) is 24.2. The highest BCUT2D eigenvalue weighted by Gasteiger charge is 2.27. The van der Waals surface area contributed by atoms with Crippen LogP contribution in [0, 0.1) is 0 Å². The molecule has 4 N–H and O–H groups in total. The van der Waals surface area contributed by atoms with Gasteiger partial charge < -0.3 is 20.9 Å². The Hall–Kier alpha value is -1.99. The van der Waals surface area contributed by atoms with Crippen LogP contribution in [-0.4, -0.2) is 40.3 Å². The first-order chi connectivity index (χ1) is 11.7. The van der Waals surface area contributed by atoms with Gasteiger partial charge in [0.1, 0.15) is 5.65 Å². The minimum atomic E-state index is -0.00795. The molecule has 0 bridgehead atoms. The van der Waals surface area contributed by atoms with E-state index in [-0.39, 0.29) is 18.0 Å². The fraction of sp³-hybridized carbons (Fsp3) is 0.412. The Morgan fingerprint density at radius 2 is 2.33 bits per heavy atom. The van der Waals surface area contributed by atoms with Crippen LogP contribution in [0.1, 0.15) is 19.3 Å². The number of thioether (sulfide) groups is 1. The number of anilines is 1. The molecule has 2 aliphatic rings. The third-order valence-electron chi connectivity index (χ3n) is 4.72. The standard InChI is InChI=1S/C17H21N5OS/c18-12-2-1-3-13(12)21-17(23)15-10-22(8-9-24-15)14-5-7-20-16-11(14)4-6-19-16/h4-7,10,12-13H,1-3,8-9,18H2,(H,19,20)(H,21,23)/t12-,13-/m0/s1. The van der Waals surface area contributed by atoms with Gasteiger partial charge in [0.05, 0.1) is 10.6 Å². The Morgan fingerprint density at radius 3 is 3.17 bits per heavy atom. The fourth-order valence-electron chi connectivity index (χ4n) is 3.42. The zero-order chi connectivity index (χ0) is 16.5. The van der Waals surface area contributed by atoms with Gasteiger partial charge >= 0.3 is 0 Å². The molecular weight excluding hydrogens is 322 g/mol. The van der Waals surface area contributed by atoms with Crippen LogP contribution in [0.25, 0.3) is 11.0 Å². The molecule has 2 atom stereocenters. The van der Waals surface area contributed by atoms with Crippen molar-refractivity contribution >= 4 is 34.4 Å². The second-order valence-electron chi connectivity index (χ2n) is 6.28. The molecule has 0 saturated heterocycles. The topological polar surface area (TPSA) is 87.0 Å². The average molecular weight is 343 g/mol. The highest BCUT2D eigenvalue weighted by atomic mass is 32.2. The van der Waals surface area contributed by atoms with Crippen molar-refractivity contribution in [3.8, 4) is 0 Å². The number of aromatic amines is 1. The summed E-state index contributed by atoms with van der Waals surface area (Å²) in [6.45, 7) is 0.870. The molecule has 0 aromatic carbocycles. The molecule has 7 heteroatoms. The number of nitrogens with one attached hydrogen (secondary N) is 2. The molecule has 4 rings (SSSR count). The van der Waals surface area contributed by atoms with Crippen molar-refractivity contribution in [1.82, 2.24) is 15.3 Å². The van der Waals surface area contributed by atoms with Gasteiger partial charge in [0.25, 0.3) is 5.91 Å². The summed E-state index contributed by atoms with van der Waals surface area (Å²) in [6, 6.07) is 4.20. The second kappa shape index (κ2) is 6.49. The van der Waals surface area contributed by atoms with Crippen LogP contribution < -0.4 is 16.0 Å². The molecule has 0 unspecified atom stereocenters. The van der Waals surface area contributed by atoms with Gasteiger partial charge in [-0.05, 0) is 31.4 Å². The van der Waals surface area contributed by atoms with Gasteiger partial charge in [-0.3, -0.25) is 4.79 Å². The minimum Gasteiger partial charge on any atom is -0.347 e. The SMILES string of the molecule is N[C@H]1CCC[C@@H]1NC(=O)C1=CN(c2ccnc3[nH]ccc23)CCS1. The molecule has 1 fully saturated rings. The summed E-state index contributed by atoms with van der Waals surface area (Å²) in [4.78, 5) is 22.9. The van der Waals surface area contributed by atoms with Gasteiger partial charge in [0.15, 0.2) is 0 Å². The number of carbonyl (C=O) groups is 1. The minimum absolute atomic E-state index is 0.00795. The Morgan fingerprint density at radius 1 is 1.42 bits per heavy atom. The lowest BCUT2D eigenvalue weighted by atomic mass is 10.2. The van der Waals surface area contributed by atoms with Gasteiger partial charge in [-0.15, -0.1) is 11.8 Å². The van der Waals surface area contributed by atoms with Crippen LogP contribution in [0.2, 0.25) is 0 Å². The molecule has 0 radical (unpaired) electrons. The molecule has 24 heavy (non-hydrogen) atoms. The maximum absolute atomic E-state index is 12.6. The first kappa shape index (κ1) is 15.5. The lowest BCUT2D eigenvalue weighted by molar-refractivity contribution is -0.117. The molecule has 1 aliphatic carbocycles. The summed E-state index contributed by atoms with van der Waals surface area (Å²) in [6.07, 6.45) is 8.69. The first-order valence-corrected chi connectivity index (χ1v) is 9.31. The van der Waals surface area contributed by atoms with E-state index in [1.54, 1.807) is 18.0 Å². The number of nitrogens with zero attached hydrogens (tertiary/aromatic N) is 2. The van der Waals surface area contributed by atoms with Gasteiger partial charge in [0, 0.05) is 48.4 Å². The number of carbonyl (C=O) groups excluding carboxylic acids is 1. The molecule has 2 aromatic heterocycles. The van der Waals surface area contributed by atoms with Crippen molar-refractivity contribution in [2.75, 3.05) is 17.2 Å². The zero-order valence-electron chi connectivity index (χ0n) is 13.4. The Labute approximate surface area is 144 Å². The number of hydrogen-bond acceptors (Lipinski definition) is 5. The van der Waals surface area contributed by atoms with Gasteiger partial charge in [-0.2, -0.15) is 0 Å². The molecule has 6 nitrogen and oxygen atoms in total. The van der Waals surface area contributed by atoms with E-state index in [0.717, 1.165) is 53.2 Å². The Balaban J connectivity index is 1.56. The van der Waals surface area contributed by atoms with Crippen LogP contribution in [0.5, 0.6) is 0 Å². The molecule has 126 valence electrons. The highest BCUT2D eigenvalue weighted by Crippen LogP contribution is 2.30. The monoisotopic (exact) mass is 343 g/mol. The quantitative estimate of drug-likeness (QED) is 0.793. The van der Waals surface area contributed by atoms with Crippen LogP contribution in [-0.2, 0) is 4.79 Å². The Kier molecular flexibility index (Phi) is 4.20. The summed E-state index contributed by atoms with van der Waals surface area (Å²) < 4.78 is 0. The van der Waals surface area contributed by atoms with Crippen molar-refractivity contribution in [3.63, 3.8) is 0 Å². The van der Waals surface area contributed by atoms with E-state index in [9.17, 15) is 4.79 Å². The van der Waals surface area contributed by atoms with Crippen molar-refractivity contribution in [3.05, 3.63) is 35.6 Å². The van der Waals surface area contributed by atoms with E-state index in [0.29, 0.717) is 0 Å². The van der Waals surface area contributed by atoms with E-state index in [4.69, 9.17) is 5.73 Å². The molecule has 1 saturated carbocycles. The third-order valence-corrected chi connectivity index (χ3v) is 5.71. The predicted molar refractivity (Wildman–Crippen MR) is 97.7 cm³/mol. The summed E-state index contributed by atoms with van der Waals surface area (Å²) >= 11 is 1.60. The number of aromatic nitrogens is 2. The molecule has 2 aromatic rings. The van der Waals surface area contributed by atoms with Crippen LogP contribution in [0.4, 0.5) is 5.69 Å². The number of nitrogens with two attached hydrogens (primary N) is 1. The molecule has 0 spiro atoms. The van der Waals surface area contributed by atoms with Crippen LogP contribution >= 0.6 is 11.8 Å². The van der Waals surface area contributed by atoms with Crippen LogP contribution in [0.3, 0.4) is 0 Å². The number of H-pyrrole nitrogens is 1. The lowest BCUT2D eigenvalue weighted by Gasteiger charge is -2.27. The number of pyridine rings is 1. The largest absolute Gasteiger partial charge is 0.347 e. The van der Waals surface area contributed by atoms with E-state index in [2.05, 4.69) is 20.2 Å². The maximum atomic E-state index is 12.6. The van der Waals surface area contributed by atoms with E-state index < -0.39 is 0 Å².